The quantitative estimate of drug-likeness (QED) is 0.648. The largest absolute Gasteiger partial charge is 0.309 e. The SMILES string of the molecule is CCN(CCCN(C)C)CCC(=O)c1cccc(C)c1. The van der Waals surface area contributed by atoms with E-state index in [9.17, 15) is 4.79 Å². The molecule has 0 unspecified atom stereocenters. The van der Waals surface area contributed by atoms with Gasteiger partial charge in [0.25, 0.3) is 0 Å². The Hall–Kier alpha value is -1.19. The van der Waals surface area contributed by atoms with Crippen molar-refractivity contribution < 1.29 is 4.79 Å². The second-order valence-electron chi connectivity index (χ2n) is 5.63. The number of Topliss-reactive ketones (excluding diaryl/α,β-unsaturated/α-hetero) is 1. The third-order valence-corrected chi connectivity index (χ3v) is 3.52. The number of nitrogens with zero attached hydrogens (tertiary/aromatic N) is 2. The number of benzene rings is 1. The Balaban J connectivity index is 2.38. The number of hydrogen-bond donors (Lipinski definition) is 0. The Bertz CT molecular complexity index is 415. The fourth-order valence-corrected chi connectivity index (χ4v) is 2.26. The van der Waals surface area contributed by atoms with Crippen LogP contribution in [-0.2, 0) is 0 Å². The monoisotopic (exact) mass is 276 g/mol. The van der Waals surface area contributed by atoms with E-state index in [0.29, 0.717) is 6.42 Å². The summed E-state index contributed by atoms with van der Waals surface area (Å²) in [5.74, 6) is 0.250. The second kappa shape index (κ2) is 8.88. The van der Waals surface area contributed by atoms with Crippen LogP contribution in [0.15, 0.2) is 24.3 Å². The Morgan fingerprint density at radius 3 is 2.50 bits per heavy atom. The van der Waals surface area contributed by atoms with Crippen LogP contribution in [0.3, 0.4) is 0 Å². The molecule has 0 spiro atoms. The van der Waals surface area contributed by atoms with Crippen molar-refractivity contribution in [1.29, 1.82) is 0 Å². The summed E-state index contributed by atoms with van der Waals surface area (Å²) in [6.07, 6.45) is 1.76. The third-order valence-electron chi connectivity index (χ3n) is 3.52. The molecule has 0 fully saturated rings. The lowest BCUT2D eigenvalue weighted by atomic mass is 10.1. The zero-order chi connectivity index (χ0) is 15.0. The van der Waals surface area contributed by atoms with Crippen molar-refractivity contribution in [2.75, 3.05) is 40.3 Å². The van der Waals surface area contributed by atoms with Gasteiger partial charge in [-0.3, -0.25) is 4.79 Å². The molecule has 0 bridgehead atoms. The van der Waals surface area contributed by atoms with Gasteiger partial charge in [0.1, 0.15) is 0 Å². The van der Waals surface area contributed by atoms with Crippen molar-refractivity contribution in [2.24, 2.45) is 0 Å². The van der Waals surface area contributed by atoms with Gasteiger partial charge in [0.15, 0.2) is 5.78 Å². The van der Waals surface area contributed by atoms with Gasteiger partial charge >= 0.3 is 0 Å². The second-order valence-corrected chi connectivity index (χ2v) is 5.63. The van der Waals surface area contributed by atoms with Gasteiger partial charge in [-0.15, -0.1) is 0 Å². The minimum absolute atomic E-state index is 0.250. The highest BCUT2D eigenvalue weighted by molar-refractivity contribution is 5.96. The van der Waals surface area contributed by atoms with Gasteiger partial charge < -0.3 is 9.80 Å². The molecule has 1 aromatic rings. The Morgan fingerprint density at radius 1 is 1.15 bits per heavy atom. The van der Waals surface area contributed by atoms with Crippen LogP contribution in [0, 0.1) is 6.92 Å². The summed E-state index contributed by atoms with van der Waals surface area (Å²) in [6.45, 7) is 8.21. The molecule has 112 valence electrons. The average molecular weight is 276 g/mol. The summed E-state index contributed by atoms with van der Waals surface area (Å²) in [6, 6.07) is 7.87. The molecule has 0 heterocycles. The fourth-order valence-electron chi connectivity index (χ4n) is 2.26. The van der Waals surface area contributed by atoms with Gasteiger partial charge in [0.05, 0.1) is 0 Å². The standard InChI is InChI=1S/C17H28N2O/c1-5-19(12-7-11-18(3)4)13-10-17(20)16-9-6-8-15(2)14-16/h6,8-9,14H,5,7,10-13H2,1-4H3. The number of carbonyl (C=O) groups excluding carboxylic acids is 1. The molecule has 0 amide bonds. The van der Waals surface area contributed by atoms with E-state index in [1.807, 2.05) is 31.2 Å². The lowest BCUT2D eigenvalue weighted by Gasteiger charge is -2.21. The number of aryl methyl sites for hydroxylation is 1. The molecule has 0 N–H and O–H groups in total. The highest BCUT2D eigenvalue weighted by atomic mass is 16.1. The predicted molar refractivity (Wildman–Crippen MR) is 85.4 cm³/mol. The first-order chi connectivity index (χ1) is 9.52. The predicted octanol–water partition coefficient (Wildman–Crippen LogP) is 2.84. The van der Waals surface area contributed by atoms with E-state index in [0.717, 1.165) is 43.7 Å². The van der Waals surface area contributed by atoms with E-state index >= 15 is 0 Å². The molecule has 3 heteroatoms. The number of hydrogen-bond acceptors (Lipinski definition) is 3. The van der Waals surface area contributed by atoms with Crippen LogP contribution in [-0.4, -0.2) is 55.9 Å². The summed E-state index contributed by atoms with van der Waals surface area (Å²) in [5, 5.41) is 0. The van der Waals surface area contributed by atoms with Crippen LogP contribution in [0.5, 0.6) is 0 Å². The molecule has 0 aromatic heterocycles. The van der Waals surface area contributed by atoms with Crippen LogP contribution < -0.4 is 0 Å². The molecule has 1 rings (SSSR count). The molecular formula is C17H28N2O. The summed E-state index contributed by atoms with van der Waals surface area (Å²) < 4.78 is 0. The first kappa shape index (κ1) is 16.9. The maximum absolute atomic E-state index is 12.2. The molecule has 0 aliphatic heterocycles. The van der Waals surface area contributed by atoms with E-state index in [1.165, 1.54) is 0 Å². The fraction of sp³-hybridized carbons (Fsp3) is 0.588. The first-order valence-corrected chi connectivity index (χ1v) is 7.50. The molecule has 0 aliphatic rings. The normalized spacial score (nSPS) is 11.3. The molecule has 0 saturated carbocycles. The number of carbonyl (C=O) groups is 1. The Kier molecular flexibility index (Phi) is 7.48. The topological polar surface area (TPSA) is 23.6 Å². The van der Waals surface area contributed by atoms with Crippen molar-refractivity contribution in [2.45, 2.75) is 26.7 Å². The van der Waals surface area contributed by atoms with Crippen LogP contribution >= 0.6 is 0 Å². The number of rotatable bonds is 9. The Morgan fingerprint density at radius 2 is 1.90 bits per heavy atom. The van der Waals surface area contributed by atoms with Crippen LogP contribution in [0.25, 0.3) is 0 Å². The van der Waals surface area contributed by atoms with Crippen LogP contribution in [0.1, 0.15) is 35.7 Å². The zero-order valence-electron chi connectivity index (χ0n) is 13.4. The van der Waals surface area contributed by atoms with Crippen molar-refractivity contribution in [3.63, 3.8) is 0 Å². The molecule has 3 nitrogen and oxygen atoms in total. The van der Waals surface area contributed by atoms with E-state index in [4.69, 9.17) is 0 Å². The van der Waals surface area contributed by atoms with Gasteiger partial charge in [0.2, 0.25) is 0 Å². The molecule has 0 saturated heterocycles. The first-order valence-electron chi connectivity index (χ1n) is 7.50. The minimum atomic E-state index is 0.250. The van der Waals surface area contributed by atoms with E-state index < -0.39 is 0 Å². The summed E-state index contributed by atoms with van der Waals surface area (Å²) >= 11 is 0. The van der Waals surface area contributed by atoms with Gasteiger partial charge in [-0.2, -0.15) is 0 Å². The van der Waals surface area contributed by atoms with E-state index in [2.05, 4.69) is 30.8 Å². The highest BCUT2D eigenvalue weighted by Crippen LogP contribution is 2.07. The van der Waals surface area contributed by atoms with Crippen LogP contribution in [0.4, 0.5) is 0 Å². The lowest BCUT2D eigenvalue weighted by molar-refractivity contribution is 0.0964. The van der Waals surface area contributed by atoms with E-state index in [1.54, 1.807) is 0 Å². The summed E-state index contributed by atoms with van der Waals surface area (Å²) in [5.41, 5.74) is 1.99. The molecule has 1 aromatic carbocycles. The zero-order valence-corrected chi connectivity index (χ0v) is 13.4. The average Bonchev–Trinajstić information content (AvgIpc) is 2.41. The summed E-state index contributed by atoms with van der Waals surface area (Å²) in [4.78, 5) is 16.7. The van der Waals surface area contributed by atoms with E-state index in [-0.39, 0.29) is 5.78 Å². The van der Waals surface area contributed by atoms with Crippen molar-refractivity contribution in [1.82, 2.24) is 9.80 Å². The maximum Gasteiger partial charge on any atom is 0.164 e. The molecule has 0 radical (unpaired) electrons. The minimum Gasteiger partial charge on any atom is -0.309 e. The third kappa shape index (κ3) is 6.31. The van der Waals surface area contributed by atoms with Crippen molar-refractivity contribution >= 4 is 5.78 Å². The smallest absolute Gasteiger partial charge is 0.164 e. The molecule has 0 aliphatic carbocycles. The molecule has 20 heavy (non-hydrogen) atoms. The van der Waals surface area contributed by atoms with Gasteiger partial charge in [-0.1, -0.05) is 30.7 Å². The maximum atomic E-state index is 12.2. The van der Waals surface area contributed by atoms with Crippen molar-refractivity contribution in [3.8, 4) is 0 Å². The van der Waals surface area contributed by atoms with Gasteiger partial charge in [0, 0.05) is 18.5 Å². The number of ketones is 1. The van der Waals surface area contributed by atoms with Gasteiger partial charge in [-0.05, 0) is 53.1 Å². The highest BCUT2D eigenvalue weighted by Gasteiger charge is 2.09. The van der Waals surface area contributed by atoms with Gasteiger partial charge in [-0.25, -0.2) is 0 Å². The van der Waals surface area contributed by atoms with Crippen LogP contribution in [0.2, 0.25) is 0 Å². The van der Waals surface area contributed by atoms with Crippen molar-refractivity contribution in [3.05, 3.63) is 35.4 Å². The lowest BCUT2D eigenvalue weighted by Crippen LogP contribution is -2.29. The molecule has 0 atom stereocenters. The summed E-state index contributed by atoms with van der Waals surface area (Å²) in [7, 11) is 4.19. The molecular weight excluding hydrogens is 248 g/mol. The Labute approximate surface area is 123 Å².